The number of hydrogen-bond donors (Lipinski definition) is 0. The summed E-state index contributed by atoms with van der Waals surface area (Å²) in [5.74, 6) is 5.66. The maximum atomic E-state index is 7.24. The number of nitrogens with zero attached hydrogens (tertiary/aromatic N) is 5. The maximum Gasteiger partial charge on any atom is 0.216 e. The summed E-state index contributed by atoms with van der Waals surface area (Å²) in [5.41, 5.74) is 29.4. The number of pyridine rings is 5. The number of aromatic nitrogens is 5. The summed E-state index contributed by atoms with van der Waals surface area (Å²) in [5, 5.41) is 0. The Bertz CT molecular complexity index is 5340. The van der Waals surface area contributed by atoms with Gasteiger partial charge in [-0.15, -0.1) is 0 Å². The standard InChI is InChI=1S/C28H30NO.C25H32NO.C18H20NO.C18H22NO.C16H18NO/c1-20-13-14-23-26(25(20)24-12-6-9-17-29(24)2)30-28(27(23)15-7-3-8-16-27)18-21-10-4-5-11-22(21)19-28;1-19-12-13-20-23(22(19)21-11-5-10-18-26(21)2)27-25(16-8-4-9-17-25)24(20)14-6-3-7-15-24;1-13-6-7-14-8-9-18(10-11-18)20-17(14)16(13)15-5-3-4-12-19(15)2;1-13-8-9-14-10-11-18(2,3)20-17(14)16(13)15-7-5-6-12-19(15)4;1-12-8-9-13-6-5-11-18-16(13)15(12)14-7-3-4-10-17(14)2/h4-6,9-14,17H,3,7-8,15-16,18-19H2,1-2H3;5,10-13,18H,3-4,6-9,14-17H2,1-2H3;3-7,12H,8-11H2,1-2H3;5-9,12H,10-11H2,1-4H3;3-4,7-10H,5-6,11H2,1-2H3/q5*+1. The normalized spacial score (nSPS) is 18.8. The Labute approximate surface area is 685 Å². The third-order valence-corrected chi connectivity index (χ3v) is 28.3. The SMILES string of the molecule is Cc1ccc2c(c1-c1cccc[n+]1C)OC(C)(C)CC2.Cc1ccc2c(c1-c1cccc[n+]1C)OC1(CC2)CC1.Cc1ccc2c(c1-c1cccc[n+]1C)OC1(CCCCC1)C21CCCCC1.Cc1ccc2c(c1-c1cccc[n+]1C)OC1(Cc3ccccc3C1)C21CCCCC1.Cc1ccc2c(c1-c1cccc[n+]1C)OCCC2. The highest BCUT2D eigenvalue weighted by Gasteiger charge is 2.63. The molecule has 10 heterocycles. The topological polar surface area (TPSA) is 65.5 Å². The molecule has 10 nitrogen and oxygen atoms in total. The highest BCUT2D eigenvalue weighted by atomic mass is 16.5. The second kappa shape index (κ2) is 31.6. The van der Waals surface area contributed by atoms with Gasteiger partial charge in [-0.05, 0) is 237 Å². The third-order valence-electron chi connectivity index (χ3n) is 28.3. The zero-order chi connectivity index (χ0) is 79.4. The smallest absolute Gasteiger partial charge is 0.216 e. The van der Waals surface area contributed by atoms with Crippen LogP contribution in [0, 0.1) is 34.6 Å². The van der Waals surface area contributed by atoms with Crippen LogP contribution in [0.25, 0.3) is 56.3 Å². The Morgan fingerprint density at radius 2 is 0.609 bits per heavy atom. The second-order valence-electron chi connectivity index (χ2n) is 36.2. The zero-order valence-corrected chi connectivity index (χ0v) is 70.8. The van der Waals surface area contributed by atoms with Crippen LogP contribution in [0.2, 0.25) is 0 Å². The Kier molecular flexibility index (Phi) is 21.3. The first-order valence-corrected chi connectivity index (χ1v) is 43.6. The van der Waals surface area contributed by atoms with Crippen molar-refractivity contribution < 1.29 is 46.5 Å². The molecule has 0 atom stereocenters. The summed E-state index contributed by atoms with van der Waals surface area (Å²) in [7, 11) is 10.6. The first-order chi connectivity index (χ1) is 55.7. The number of rotatable bonds is 5. The molecule has 5 aliphatic carbocycles. The molecule has 11 aromatic rings. The van der Waals surface area contributed by atoms with Crippen molar-refractivity contribution in [1.29, 1.82) is 0 Å². The number of aryl methyl sites for hydroxylation is 13. The molecule has 115 heavy (non-hydrogen) atoms. The molecule has 0 N–H and O–H groups in total. The zero-order valence-electron chi connectivity index (χ0n) is 70.8. The Hall–Kier alpha value is -9.93. The number of ether oxygens (including phenoxy) is 5. The first-order valence-electron chi connectivity index (χ1n) is 43.6. The van der Waals surface area contributed by atoms with Crippen LogP contribution in [-0.4, -0.2) is 29.0 Å². The van der Waals surface area contributed by atoms with Crippen LogP contribution in [0.5, 0.6) is 28.7 Å². The lowest BCUT2D eigenvalue weighted by Gasteiger charge is -2.49. The summed E-state index contributed by atoms with van der Waals surface area (Å²) >= 11 is 0. The molecule has 0 saturated heterocycles. The van der Waals surface area contributed by atoms with Gasteiger partial charge in [-0.1, -0.05) is 130 Å². The van der Waals surface area contributed by atoms with Gasteiger partial charge in [-0.3, -0.25) is 0 Å². The van der Waals surface area contributed by atoms with Crippen LogP contribution < -0.4 is 46.5 Å². The van der Waals surface area contributed by atoms with E-state index in [2.05, 4.69) is 313 Å². The van der Waals surface area contributed by atoms with Gasteiger partial charge in [0.2, 0.25) is 28.5 Å². The van der Waals surface area contributed by atoms with E-state index in [1.54, 1.807) is 0 Å². The molecular formula is C105H122N5O5+5. The van der Waals surface area contributed by atoms with Crippen molar-refractivity contribution >= 4 is 0 Å². The van der Waals surface area contributed by atoms with Crippen molar-refractivity contribution in [2.45, 2.75) is 242 Å². The molecule has 4 fully saturated rings. The van der Waals surface area contributed by atoms with E-state index in [9.17, 15) is 0 Å². The van der Waals surface area contributed by atoms with Gasteiger partial charge in [0.15, 0.2) is 31.0 Å². The first kappa shape index (κ1) is 77.6. The largest absolute Gasteiger partial charge is 0.492 e. The molecule has 0 bridgehead atoms. The molecule has 5 spiro atoms. The number of fused-ring (bicyclic) bond motifs is 10. The minimum atomic E-state index is -0.130. The van der Waals surface area contributed by atoms with Gasteiger partial charge >= 0.3 is 0 Å². The molecular weight excluding hydrogens is 1410 g/mol. The monoisotopic (exact) mass is 1530 g/mol. The van der Waals surface area contributed by atoms with Gasteiger partial charge in [0, 0.05) is 95.5 Å². The van der Waals surface area contributed by atoms with Crippen molar-refractivity contribution in [3.8, 4) is 85.0 Å². The number of benzene rings is 6. The summed E-state index contributed by atoms with van der Waals surface area (Å²) in [6.45, 7) is 16.1. The Balaban J connectivity index is 0.000000105. The molecule has 5 aromatic heterocycles. The van der Waals surface area contributed by atoms with Crippen LogP contribution in [0.3, 0.4) is 0 Å². The van der Waals surface area contributed by atoms with E-state index < -0.39 is 0 Å². The molecule has 592 valence electrons. The average Bonchev–Trinajstić information content (AvgIpc) is 1.52. The van der Waals surface area contributed by atoms with E-state index >= 15 is 0 Å². The van der Waals surface area contributed by atoms with Crippen LogP contribution in [0.1, 0.15) is 209 Å². The minimum absolute atomic E-state index is 0.0455. The molecule has 21 rings (SSSR count). The quantitative estimate of drug-likeness (QED) is 0.161. The average molecular weight is 1530 g/mol. The molecule has 10 aliphatic rings. The minimum Gasteiger partial charge on any atom is -0.492 e. The van der Waals surface area contributed by atoms with Gasteiger partial charge in [0.05, 0.1) is 34.4 Å². The van der Waals surface area contributed by atoms with Gasteiger partial charge in [0.25, 0.3) is 0 Å². The summed E-state index contributed by atoms with van der Waals surface area (Å²) in [6.07, 6.45) is 41.5. The number of hydrogen-bond acceptors (Lipinski definition) is 5. The van der Waals surface area contributed by atoms with Crippen molar-refractivity contribution in [2.75, 3.05) is 6.61 Å². The van der Waals surface area contributed by atoms with Gasteiger partial charge in [-0.2, -0.15) is 0 Å². The van der Waals surface area contributed by atoms with Crippen molar-refractivity contribution in [2.24, 2.45) is 35.2 Å². The predicted molar refractivity (Wildman–Crippen MR) is 460 cm³/mol. The summed E-state index contributed by atoms with van der Waals surface area (Å²) in [4.78, 5) is 0. The van der Waals surface area contributed by atoms with Crippen molar-refractivity contribution in [1.82, 2.24) is 0 Å². The van der Waals surface area contributed by atoms with Gasteiger partial charge < -0.3 is 23.7 Å². The Morgan fingerprint density at radius 1 is 0.270 bits per heavy atom. The molecule has 10 heteroatoms. The summed E-state index contributed by atoms with van der Waals surface area (Å²) < 4.78 is 44.0. The molecule has 4 saturated carbocycles. The lowest BCUT2D eigenvalue weighted by atomic mass is 9.57. The van der Waals surface area contributed by atoms with Crippen molar-refractivity contribution in [3.05, 3.63) is 274 Å². The van der Waals surface area contributed by atoms with Crippen LogP contribution in [0.15, 0.2) is 207 Å². The van der Waals surface area contributed by atoms with Gasteiger partial charge in [-0.25, -0.2) is 22.8 Å². The van der Waals surface area contributed by atoms with Crippen LogP contribution in [-0.2, 0) is 78.2 Å². The molecule has 6 aromatic carbocycles. The molecule has 5 aliphatic heterocycles. The highest BCUT2D eigenvalue weighted by Crippen LogP contribution is 2.65. The van der Waals surface area contributed by atoms with E-state index in [4.69, 9.17) is 23.7 Å². The second-order valence-corrected chi connectivity index (χ2v) is 36.2. The van der Waals surface area contributed by atoms with E-state index in [1.807, 2.05) is 0 Å². The van der Waals surface area contributed by atoms with Crippen molar-refractivity contribution in [3.63, 3.8) is 0 Å². The van der Waals surface area contributed by atoms with E-state index in [0.717, 1.165) is 74.6 Å². The highest BCUT2D eigenvalue weighted by molar-refractivity contribution is 5.78. The van der Waals surface area contributed by atoms with E-state index in [0.29, 0.717) is 0 Å². The fourth-order valence-electron chi connectivity index (χ4n) is 21.8. The summed E-state index contributed by atoms with van der Waals surface area (Å²) in [6, 6.07) is 63.7. The third kappa shape index (κ3) is 14.3. The van der Waals surface area contributed by atoms with Gasteiger partial charge in [0.1, 0.15) is 86.4 Å². The van der Waals surface area contributed by atoms with E-state index in [1.165, 1.54) is 244 Å². The van der Waals surface area contributed by atoms with E-state index in [-0.39, 0.29) is 33.2 Å². The predicted octanol–water partition coefficient (Wildman–Crippen LogP) is 21.1. The Morgan fingerprint density at radius 3 is 1.02 bits per heavy atom. The van der Waals surface area contributed by atoms with Crippen LogP contribution >= 0.6 is 0 Å². The molecule has 0 unspecified atom stereocenters. The fraction of sp³-hybridized carbons (Fsp3) is 0.419. The van der Waals surface area contributed by atoms with Crippen LogP contribution in [0.4, 0.5) is 0 Å². The fourth-order valence-corrected chi connectivity index (χ4v) is 21.8. The molecule has 0 amide bonds. The lowest BCUT2D eigenvalue weighted by Crippen LogP contribution is -2.53. The maximum absolute atomic E-state index is 7.24. The lowest BCUT2D eigenvalue weighted by molar-refractivity contribution is -0.660. The molecule has 0 radical (unpaired) electrons.